The fraction of sp³-hybridized carbons (Fsp3) is 0.300. The molecule has 0 saturated carbocycles. The van der Waals surface area contributed by atoms with Crippen LogP contribution in [-0.2, 0) is 17.9 Å². The van der Waals surface area contributed by atoms with Gasteiger partial charge in [-0.15, -0.1) is 0 Å². The number of benzene rings is 1. The topological polar surface area (TPSA) is 55.1 Å². The zero-order valence-electron chi connectivity index (χ0n) is 8.04. The second kappa shape index (κ2) is 5.41. The average Bonchev–Trinajstić information content (AvgIpc) is 2.26. The number of alkyl halides is 2. The molecule has 82 valence electrons. The van der Waals surface area contributed by atoms with Crippen LogP contribution >= 0.6 is 0 Å². The summed E-state index contributed by atoms with van der Waals surface area (Å²) in [6.45, 7) is 0.400. The van der Waals surface area contributed by atoms with Crippen molar-refractivity contribution in [2.24, 2.45) is 5.73 Å². The molecule has 1 aromatic rings. The third kappa shape index (κ3) is 3.28. The van der Waals surface area contributed by atoms with E-state index < -0.39 is 12.3 Å². The van der Waals surface area contributed by atoms with Crippen LogP contribution in [0, 0.1) is 0 Å². The molecular weight excluding hydrogens is 202 g/mol. The lowest BCUT2D eigenvalue weighted by Gasteiger charge is -2.08. The van der Waals surface area contributed by atoms with Gasteiger partial charge in [0.2, 0.25) is 0 Å². The highest BCUT2D eigenvalue weighted by Gasteiger charge is 2.14. The Labute approximate surface area is 86.3 Å². The van der Waals surface area contributed by atoms with Crippen molar-refractivity contribution < 1.29 is 13.6 Å². The molecule has 5 heteroatoms. The summed E-state index contributed by atoms with van der Waals surface area (Å²) in [5.41, 5.74) is 7.05. The molecular formula is C10H12F2N2O. The lowest BCUT2D eigenvalue weighted by Crippen LogP contribution is -2.29. The average molecular weight is 214 g/mol. The van der Waals surface area contributed by atoms with E-state index in [0.29, 0.717) is 6.54 Å². The number of carbonyl (C=O) groups excluding carboxylic acids is 1. The molecule has 1 aromatic carbocycles. The maximum absolute atomic E-state index is 11.9. The normalized spacial score (nSPS) is 10.4. The first-order valence-corrected chi connectivity index (χ1v) is 4.48. The van der Waals surface area contributed by atoms with E-state index in [1.54, 1.807) is 24.3 Å². The lowest BCUT2D eigenvalue weighted by atomic mass is 10.1. The second-order valence-electron chi connectivity index (χ2n) is 2.99. The van der Waals surface area contributed by atoms with Crippen molar-refractivity contribution in [3.63, 3.8) is 0 Å². The van der Waals surface area contributed by atoms with Crippen molar-refractivity contribution in [3.8, 4) is 0 Å². The van der Waals surface area contributed by atoms with Crippen LogP contribution in [0.5, 0.6) is 0 Å². The third-order valence-corrected chi connectivity index (χ3v) is 1.99. The van der Waals surface area contributed by atoms with E-state index in [1.165, 1.54) is 0 Å². The highest BCUT2D eigenvalue weighted by Crippen LogP contribution is 2.07. The number of hydrogen-bond acceptors (Lipinski definition) is 2. The minimum atomic E-state index is -2.98. The number of rotatable bonds is 4. The van der Waals surface area contributed by atoms with Gasteiger partial charge in [-0.25, -0.2) is 0 Å². The van der Waals surface area contributed by atoms with E-state index in [2.05, 4.69) is 5.32 Å². The number of hydrogen-bond donors (Lipinski definition) is 2. The number of carbonyl (C=O) groups is 1. The Balaban J connectivity index is 2.61. The third-order valence-electron chi connectivity index (χ3n) is 1.99. The quantitative estimate of drug-likeness (QED) is 0.786. The number of halogens is 2. The predicted molar refractivity (Wildman–Crippen MR) is 52.2 cm³/mol. The molecule has 1 amide bonds. The molecule has 3 N–H and O–H groups in total. The molecule has 0 aliphatic carbocycles. The molecule has 0 unspecified atom stereocenters. The standard InChI is InChI=1S/C10H12F2N2O/c11-9(12)10(15)14-6-8-4-2-1-3-7(8)5-13/h1-4,9H,5-6,13H2,(H,14,15). The fourth-order valence-electron chi connectivity index (χ4n) is 1.19. The van der Waals surface area contributed by atoms with Crippen LogP contribution in [-0.4, -0.2) is 12.3 Å². The highest BCUT2D eigenvalue weighted by molar-refractivity contribution is 5.79. The summed E-state index contributed by atoms with van der Waals surface area (Å²) in [7, 11) is 0. The Hall–Kier alpha value is -1.49. The van der Waals surface area contributed by atoms with Crippen LogP contribution in [0.1, 0.15) is 11.1 Å². The number of nitrogens with two attached hydrogens (primary N) is 1. The van der Waals surface area contributed by atoms with Gasteiger partial charge in [-0.1, -0.05) is 24.3 Å². The van der Waals surface area contributed by atoms with Crippen LogP contribution in [0.3, 0.4) is 0 Å². The van der Waals surface area contributed by atoms with Gasteiger partial charge in [-0.2, -0.15) is 8.78 Å². The van der Waals surface area contributed by atoms with Gasteiger partial charge >= 0.3 is 6.43 Å². The second-order valence-corrected chi connectivity index (χ2v) is 2.99. The molecule has 0 aliphatic rings. The molecule has 3 nitrogen and oxygen atoms in total. The van der Waals surface area contributed by atoms with Crippen LogP contribution in [0.15, 0.2) is 24.3 Å². The molecule has 0 heterocycles. The number of amides is 1. The molecule has 0 aliphatic heterocycles. The monoisotopic (exact) mass is 214 g/mol. The van der Waals surface area contributed by atoms with Gasteiger partial charge in [-0.05, 0) is 11.1 Å². The largest absolute Gasteiger partial charge is 0.347 e. The zero-order chi connectivity index (χ0) is 11.3. The van der Waals surface area contributed by atoms with Gasteiger partial charge < -0.3 is 11.1 Å². The first-order valence-electron chi connectivity index (χ1n) is 4.48. The van der Waals surface area contributed by atoms with Crippen molar-refractivity contribution in [3.05, 3.63) is 35.4 Å². The van der Waals surface area contributed by atoms with Gasteiger partial charge in [0.1, 0.15) is 0 Å². The van der Waals surface area contributed by atoms with Gasteiger partial charge in [0.15, 0.2) is 0 Å². The van der Waals surface area contributed by atoms with E-state index >= 15 is 0 Å². The van der Waals surface area contributed by atoms with E-state index in [0.717, 1.165) is 11.1 Å². The summed E-state index contributed by atoms with van der Waals surface area (Å²) in [6, 6.07) is 7.11. The summed E-state index contributed by atoms with van der Waals surface area (Å²) >= 11 is 0. The Morgan fingerprint density at radius 3 is 2.47 bits per heavy atom. The van der Waals surface area contributed by atoms with Crippen molar-refractivity contribution in [2.75, 3.05) is 0 Å². The van der Waals surface area contributed by atoms with E-state index in [9.17, 15) is 13.6 Å². The van der Waals surface area contributed by atoms with Crippen molar-refractivity contribution in [1.29, 1.82) is 0 Å². The number of nitrogens with one attached hydrogen (secondary N) is 1. The summed E-state index contributed by atoms with van der Waals surface area (Å²) in [5, 5.41) is 2.13. The Morgan fingerprint density at radius 1 is 1.33 bits per heavy atom. The zero-order valence-corrected chi connectivity index (χ0v) is 8.04. The Kier molecular flexibility index (Phi) is 4.17. The molecule has 0 spiro atoms. The first kappa shape index (κ1) is 11.6. The van der Waals surface area contributed by atoms with Gasteiger partial charge in [0, 0.05) is 13.1 Å². The Bertz CT molecular complexity index is 342. The lowest BCUT2D eigenvalue weighted by molar-refractivity contribution is -0.131. The van der Waals surface area contributed by atoms with Crippen LogP contribution < -0.4 is 11.1 Å². The van der Waals surface area contributed by atoms with Crippen LogP contribution in [0.2, 0.25) is 0 Å². The molecule has 15 heavy (non-hydrogen) atoms. The van der Waals surface area contributed by atoms with E-state index in [-0.39, 0.29) is 6.54 Å². The SMILES string of the molecule is NCc1ccccc1CNC(=O)C(F)F. The fourth-order valence-corrected chi connectivity index (χ4v) is 1.19. The minimum Gasteiger partial charge on any atom is -0.347 e. The molecule has 0 saturated heterocycles. The Morgan fingerprint density at radius 2 is 1.93 bits per heavy atom. The van der Waals surface area contributed by atoms with Gasteiger partial charge in [0.25, 0.3) is 5.91 Å². The molecule has 0 atom stereocenters. The smallest absolute Gasteiger partial charge is 0.315 e. The molecule has 1 rings (SSSR count). The molecule has 0 bridgehead atoms. The summed E-state index contributed by atoms with van der Waals surface area (Å²) in [5.74, 6) is -1.26. The first-order chi connectivity index (χ1) is 7.15. The molecule has 0 radical (unpaired) electrons. The maximum atomic E-state index is 11.9. The molecule has 0 fully saturated rings. The summed E-state index contributed by atoms with van der Waals surface area (Å²) in [4.78, 5) is 10.6. The van der Waals surface area contributed by atoms with Crippen molar-refractivity contribution >= 4 is 5.91 Å². The summed E-state index contributed by atoms with van der Waals surface area (Å²) in [6.07, 6.45) is -2.98. The summed E-state index contributed by atoms with van der Waals surface area (Å²) < 4.78 is 23.8. The van der Waals surface area contributed by atoms with Gasteiger partial charge in [-0.3, -0.25) is 4.79 Å². The predicted octanol–water partition coefficient (Wildman–Crippen LogP) is 1.03. The highest BCUT2D eigenvalue weighted by atomic mass is 19.3. The van der Waals surface area contributed by atoms with E-state index in [1.807, 2.05) is 0 Å². The van der Waals surface area contributed by atoms with Crippen molar-refractivity contribution in [2.45, 2.75) is 19.5 Å². The maximum Gasteiger partial charge on any atom is 0.315 e. The van der Waals surface area contributed by atoms with Crippen LogP contribution in [0.4, 0.5) is 8.78 Å². The van der Waals surface area contributed by atoms with Crippen molar-refractivity contribution in [1.82, 2.24) is 5.32 Å². The van der Waals surface area contributed by atoms with Gasteiger partial charge in [0.05, 0.1) is 0 Å². The molecule has 0 aromatic heterocycles. The minimum absolute atomic E-state index is 0.0799. The van der Waals surface area contributed by atoms with E-state index in [4.69, 9.17) is 5.73 Å². The van der Waals surface area contributed by atoms with Crippen LogP contribution in [0.25, 0.3) is 0 Å².